The van der Waals surface area contributed by atoms with Crippen molar-refractivity contribution >= 4 is 10.0 Å². The predicted octanol–water partition coefficient (Wildman–Crippen LogP) is 1.30. The number of nitrogens with one attached hydrogen (secondary N) is 1. The van der Waals surface area contributed by atoms with E-state index in [2.05, 4.69) is 4.72 Å². The van der Waals surface area contributed by atoms with Crippen molar-refractivity contribution in [1.29, 1.82) is 0 Å². The zero-order chi connectivity index (χ0) is 11.1. The van der Waals surface area contributed by atoms with Gasteiger partial charge in [-0.05, 0) is 30.0 Å². The average Bonchev–Trinajstić information content (AvgIpc) is 2.27. The third-order valence-electron chi connectivity index (χ3n) is 2.51. The van der Waals surface area contributed by atoms with E-state index in [-0.39, 0.29) is 10.8 Å². The van der Waals surface area contributed by atoms with Crippen molar-refractivity contribution in [3.8, 4) is 0 Å². The van der Waals surface area contributed by atoms with Gasteiger partial charge in [-0.1, -0.05) is 13.0 Å². The molecular formula is C10H12FNO2S. The van der Waals surface area contributed by atoms with Crippen LogP contribution in [0.25, 0.3) is 0 Å². The van der Waals surface area contributed by atoms with E-state index in [0.29, 0.717) is 18.5 Å². The van der Waals surface area contributed by atoms with Gasteiger partial charge in [-0.3, -0.25) is 0 Å². The zero-order valence-corrected chi connectivity index (χ0v) is 9.14. The molecule has 0 saturated carbocycles. The van der Waals surface area contributed by atoms with Crippen LogP contribution in [0, 0.1) is 11.7 Å². The largest absolute Gasteiger partial charge is 0.240 e. The third-order valence-corrected chi connectivity index (χ3v) is 4.01. The van der Waals surface area contributed by atoms with Crippen LogP contribution in [0.4, 0.5) is 4.39 Å². The minimum atomic E-state index is -3.52. The van der Waals surface area contributed by atoms with Crippen LogP contribution in [0.3, 0.4) is 0 Å². The Morgan fingerprint density at radius 2 is 2.20 bits per heavy atom. The molecule has 0 aromatic heterocycles. The van der Waals surface area contributed by atoms with Crippen molar-refractivity contribution in [3.05, 3.63) is 29.6 Å². The van der Waals surface area contributed by atoms with Crippen molar-refractivity contribution < 1.29 is 12.8 Å². The molecule has 1 aromatic rings. The van der Waals surface area contributed by atoms with Crippen LogP contribution in [0.1, 0.15) is 12.5 Å². The molecule has 0 spiro atoms. The Morgan fingerprint density at radius 1 is 1.47 bits per heavy atom. The molecule has 1 N–H and O–H groups in total. The molecule has 1 atom stereocenters. The minimum absolute atomic E-state index is 0.0758. The molecule has 3 nitrogen and oxygen atoms in total. The van der Waals surface area contributed by atoms with Crippen molar-refractivity contribution in [2.75, 3.05) is 6.54 Å². The highest BCUT2D eigenvalue weighted by Gasteiger charge is 2.24. The first-order valence-corrected chi connectivity index (χ1v) is 6.25. The second-order valence-electron chi connectivity index (χ2n) is 3.91. The highest BCUT2D eigenvalue weighted by Crippen LogP contribution is 2.23. The number of rotatable bonds is 0. The number of sulfonamides is 1. The smallest absolute Gasteiger partial charge is 0.211 e. The summed E-state index contributed by atoms with van der Waals surface area (Å²) in [5.74, 6) is -0.292. The molecule has 1 aliphatic heterocycles. The first-order chi connectivity index (χ1) is 6.99. The van der Waals surface area contributed by atoms with E-state index in [0.717, 1.165) is 6.07 Å². The molecule has 0 radical (unpaired) electrons. The van der Waals surface area contributed by atoms with Crippen molar-refractivity contribution in [2.45, 2.75) is 18.2 Å². The Morgan fingerprint density at radius 3 is 2.93 bits per heavy atom. The molecular weight excluding hydrogens is 217 g/mol. The van der Waals surface area contributed by atoms with E-state index in [4.69, 9.17) is 0 Å². The summed E-state index contributed by atoms with van der Waals surface area (Å²) in [7, 11) is -3.52. The summed E-state index contributed by atoms with van der Waals surface area (Å²) in [5, 5.41) is 0. The van der Waals surface area contributed by atoms with Gasteiger partial charge in [0.25, 0.3) is 0 Å². The monoisotopic (exact) mass is 229 g/mol. The summed E-state index contributed by atoms with van der Waals surface area (Å²) in [6, 6.07) is 3.92. The highest BCUT2D eigenvalue weighted by molar-refractivity contribution is 7.89. The van der Waals surface area contributed by atoms with Crippen LogP contribution >= 0.6 is 0 Å². The fraction of sp³-hybridized carbons (Fsp3) is 0.400. The summed E-state index contributed by atoms with van der Waals surface area (Å²) in [5.41, 5.74) is 0.689. The van der Waals surface area contributed by atoms with E-state index in [9.17, 15) is 12.8 Å². The maximum Gasteiger partial charge on any atom is 0.240 e. The van der Waals surface area contributed by atoms with Gasteiger partial charge in [0.2, 0.25) is 10.0 Å². The Kier molecular flexibility index (Phi) is 2.52. The summed E-state index contributed by atoms with van der Waals surface area (Å²) < 4.78 is 38.9. The third kappa shape index (κ3) is 2.03. The van der Waals surface area contributed by atoms with Crippen LogP contribution in [0.15, 0.2) is 23.1 Å². The Labute approximate surface area is 88.4 Å². The SMILES string of the molecule is CC1CNS(=O)(=O)c2cc(F)ccc2C1. The van der Waals surface area contributed by atoms with Gasteiger partial charge in [-0.15, -0.1) is 0 Å². The highest BCUT2D eigenvalue weighted by atomic mass is 32.2. The second-order valence-corrected chi connectivity index (χ2v) is 5.65. The van der Waals surface area contributed by atoms with Crippen LogP contribution in [-0.2, 0) is 16.4 Å². The Balaban J connectivity index is 2.61. The fourth-order valence-corrected chi connectivity index (χ4v) is 3.15. The minimum Gasteiger partial charge on any atom is -0.211 e. The maximum absolute atomic E-state index is 13.0. The van der Waals surface area contributed by atoms with E-state index >= 15 is 0 Å². The molecule has 1 unspecified atom stereocenters. The van der Waals surface area contributed by atoms with Gasteiger partial charge in [0.05, 0.1) is 4.90 Å². The van der Waals surface area contributed by atoms with E-state index in [1.54, 1.807) is 6.07 Å². The van der Waals surface area contributed by atoms with Gasteiger partial charge in [0.15, 0.2) is 0 Å². The van der Waals surface area contributed by atoms with Gasteiger partial charge < -0.3 is 0 Å². The number of fused-ring (bicyclic) bond motifs is 1. The molecule has 0 bridgehead atoms. The number of halogens is 1. The van der Waals surface area contributed by atoms with Crippen molar-refractivity contribution in [3.63, 3.8) is 0 Å². The predicted molar refractivity (Wildman–Crippen MR) is 54.5 cm³/mol. The lowest BCUT2D eigenvalue weighted by molar-refractivity contribution is 0.552. The molecule has 0 aliphatic carbocycles. The topological polar surface area (TPSA) is 46.2 Å². The molecule has 82 valence electrons. The molecule has 1 aromatic carbocycles. The average molecular weight is 229 g/mol. The lowest BCUT2D eigenvalue weighted by Crippen LogP contribution is -2.26. The van der Waals surface area contributed by atoms with Gasteiger partial charge in [0, 0.05) is 6.54 Å². The summed E-state index contributed by atoms with van der Waals surface area (Å²) in [4.78, 5) is 0.0758. The number of hydrogen-bond acceptors (Lipinski definition) is 2. The summed E-state index contributed by atoms with van der Waals surface area (Å²) in [6.07, 6.45) is 0.655. The lowest BCUT2D eigenvalue weighted by Gasteiger charge is -2.05. The molecule has 0 amide bonds. The van der Waals surface area contributed by atoms with E-state index in [1.807, 2.05) is 6.92 Å². The van der Waals surface area contributed by atoms with Crippen molar-refractivity contribution in [1.82, 2.24) is 4.72 Å². The summed E-state index contributed by atoms with van der Waals surface area (Å²) in [6.45, 7) is 2.36. The van der Waals surface area contributed by atoms with Crippen molar-refractivity contribution in [2.24, 2.45) is 5.92 Å². The quantitative estimate of drug-likeness (QED) is 0.728. The molecule has 1 aliphatic rings. The van der Waals surface area contributed by atoms with Crippen LogP contribution < -0.4 is 4.72 Å². The first kappa shape index (κ1) is 10.6. The number of hydrogen-bond donors (Lipinski definition) is 1. The molecule has 0 saturated heterocycles. The van der Waals surface area contributed by atoms with Gasteiger partial charge in [0.1, 0.15) is 5.82 Å². The molecule has 2 rings (SSSR count). The standard InChI is InChI=1S/C10H12FNO2S/c1-7-4-8-2-3-9(11)5-10(8)15(13,14)12-6-7/h2-3,5,7,12H,4,6H2,1H3. The molecule has 15 heavy (non-hydrogen) atoms. The van der Waals surface area contributed by atoms with Crippen LogP contribution in [0.2, 0.25) is 0 Å². The van der Waals surface area contributed by atoms with E-state index < -0.39 is 15.8 Å². The fourth-order valence-electron chi connectivity index (χ4n) is 1.72. The Bertz CT molecular complexity index is 484. The van der Waals surface area contributed by atoms with Gasteiger partial charge in [-0.2, -0.15) is 0 Å². The maximum atomic E-state index is 13.0. The van der Waals surface area contributed by atoms with Gasteiger partial charge >= 0.3 is 0 Å². The molecule has 5 heteroatoms. The zero-order valence-electron chi connectivity index (χ0n) is 8.33. The molecule has 1 heterocycles. The first-order valence-electron chi connectivity index (χ1n) is 4.77. The van der Waals surface area contributed by atoms with Crippen LogP contribution in [0.5, 0.6) is 0 Å². The second kappa shape index (κ2) is 3.57. The number of benzene rings is 1. The summed E-state index contributed by atoms with van der Waals surface area (Å²) >= 11 is 0. The molecule has 0 fully saturated rings. The normalized spacial score (nSPS) is 24.3. The van der Waals surface area contributed by atoms with Crippen LogP contribution in [-0.4, -0.2) is 15.0 Å². The van der Waals surface area contributed by atoms with Gasteiger partial charge in [-0.25, -0.2) is 17.5 Å². The Hall–Kier alpha value is -0.940. The lowest BCUT2D eigenvalue weighted by atomic mass is 10.0. The van der Waals surface area contributed by atoms with E-state index in [1.165, 1.54) is 6.07 Å².